The van der Waals surface area contributed by atoms with Crippen molar-refractivity contribution in [1.29, 1.82) is 0 Å². The maximum Gasteiger partial charge on any atom is 0.228 e. The molecular weight excluding hydrogens is 408 g/mol. The number of amides is 1. The molecule has 1 N–H and O–H groups in total. The molecule has 0 radical (unpaired) electrons. The van der Waals surface area contributed by atoms with Crippen molar-refractivity contribution in [2.75, 3.05) is 32.6 Å². The van der Waals surface area contributed by atoms with Gasteiger partial charge in [-0.2, -0.15) is 0 Å². The smallest absolute Gasteiger partial charge is 0.228 e. The highest BCUT2D eigenvalue weighted by molar-refractivity contribution is 9.10. The molecule has 0 spiro atoms. The molecule has 1 heterocycles. The van der Waals surface area contributed by atoms with Crippen molar-refractivity contribution >= 4 is 27.5 Å². The topological polar surface area (TPSA) is 50.8 Å². The van der Waals surface area contributed by atoms with Crippen LogP contribution >= 0.6 is 15.9 Å². The third-order valence-electron chi connectivity index (χ3n) is 4.86. The zero-order chi connectivity index (χ0) is 19.2. The molecule has 144 valence electrons. The van der Waals surface area contributed by atoms with Crippen LogP contribution in [0.15, 0.2) is 46.9 Å². The van der Waals surface area contributed by atoms with Crippen LogP contribution in [0.1, 0.15) is 18.4 Å². The van der Waals surface area contributed by atoms with Gasteiger partial charge in [0.05, 0.1) is 25.8 Å². The number of methoxy groups -OCH3 is 2. The van der Waals surface area contributed by atoms with Crippen LogP contribution in [0.5, 0.6) is 11.5 Å². The summed E-state index contributed by atoms with van der Waals surface area (Å²) >= 11 is 3.47. The molecule has 1 unspecified atom stereocenters. The van der Waals surface area contributed by atoms with E-state index in [1.165, 1.54) is 5.56 Å². The molecule has 0 bridgehead atoms. The minimum atomic E-state index is -0.0268. The zero-order valence-electron chi connectivity index (χ0n) is 15.7. The Balaban J connectivity index is 1.62. The van der Waals surface area contributed by atoms with Crippen molar-refractivity contribution in [2.45, 2.75) is 19.4 Å². The third kappa shape index (κ3) is 5.23. The predicted octanol–water partition coefficient (Wildman–Crippen LogP) is 4.32. The summed E-state index contributed by atoms with van der Waals surface area (Å²) < 4.78 is 11.7. The van der Waals surface area contributed by atoms with Crippen LogP contribution in [0.3, 0.4) is 0 Å². The molecule has 1 atom stereocenters. The average molecular weight is 433 g/mol. The van der Waals surface area contributed by atoms with Gasteiger partial charge in [0.25, 0.3) is 0 Å². The Morgan fingerprint density at radius 3 is 2.67 bits per heavy atom. The quantitative estimate of drug-likeness (QED) is 0.738. The van der Waals surface area contributed by atoms with Gasteiger partial charge < -0.3 is 14.8 Å². The summed E-state index contributed by atoms with van der Waals surface area (Å²) in [5.41, 5.74) is 1.93. The first-order chi connectivity index (χ1) is 13.1. The van der Waals surface area contributed by atoms with Gasteiger partial charge >= 0.3 is 0 Å². The highest BCUT2D eigenvalue weighted by atomic mass is 79.9. The molecule has 0 saturated carbocycles. The summed E-state index contributed by atoms with van der Waals surface area (Å²) in [6.45, 7) is 2.65. The van der Waals surface area contributed by atoms with Crippen LogP contribution in [0, 0.1) is 5.92 Å². The fourth-order valence-electron chi connectivity index (χ4n) is 3.40. The molecule has 0 aliphatic carbocycles. The maximum atomic E-state index is 12.8. The summed E-state index contributed by atoms with van der Waals surface area (Å²) in [6, 6.07) is 13.8. The molecule has 27 heavy (non-hydrogen) atoms. The SMILES string of the molecule is COc1ccc(NC(=O)C2CCCN(Cc3ccc(Br)cc3)C2)c(OC)c1. The van der Waals surface area contributed by atoms with Crippen molar-refractivity contribution in [2.24, 2.45) is 5.92 Å². The van der Waals surface area contributed by atoms with E-state index < -0.39 is 0 Å². The number of benzene rings is 2. The highest BCUT2D eigenvalue weighted by Gasteiger charge is 2.26. The highest BCUT2D eigenvalue weighted by Crippen LogP contribution is 2.30. The number of ether oxygens (including phenoxy) is 2. The first-order valence-electron chi connectivity index (χ1n) is 9.08. The molecular formula is C21H25BrN2O3. The normalized spacial score (nSPS) is 17.4. The number of nitrogens with zero attached hydrogens (tertiary/aromatic N) is 1. The van der Waals surface area contributed by atoms with Gasteiger partial charge in [0.15, 0.2) is 0 Å². The summed E-state index contributed by atoms with van der Waals surface area (Å²) in [5.74, 6) is 1.31. The number of rotatable bonds is 6. The molecule has 3 rings (SSSR count). The maximum absolute atomic E-state index is 12.8. The van der Waals surface area contributed by atoms with E-state index in [0.29, 0.717) is 17.2 Å². The molecule has 1 amide bonds. The fourth-order valence-corrected chi connectivity index (χ4v) is 3.66. The van der Waals surface area contributed by atoms with E-state index in [1.807, 2.05) is 12.1 Å². The van der Waals surface area contributed by atoms with Crippen LogP contribution in [0.4, 0.5) is 5.69 Å². The van der Waals surface area contributed by atoms with Gasteiger partial charge in [-0.1, -0.05) is 28.1 Å². The van der Waals surface area contributed by atoms with Crippen LogP contribution in [0.2, 0.25) is 0 Å². The number of halogens is 1. The van der Waals surface area contributed by atoms with Crippen LogP contribution < -0.4 is 14.8 Å². The molecule has 6 heteroatoms. The number of piperidine rings is 1. The van der Waals surface area contributed by atoms with Crippen molar-refractivity contribution in [3.05, 3.63) is 52.5 Å². The van der Waals surface area contributed by atoms with Gasteiger partial charge in [0, 0.05) is 23.6 Å². The minimum absolute atomic E-state index is 0.0268. The van der Waals surface area contributed by atoms with E-state index in [2.05, 4.69) is 50.4 Å². The van der Waals surface area contributed by atoms with Crippen molar-refractivity contribution in [3.63, 3.8) is 0 Å². The molecule has 1 aliphatic rings. The van der Waals surface area contributed by atoms with E-state index in [4.69, 9.17) is 9.47 Å². The Labute approximate surface area is 168 Å². The average Bonchev–Trinajstić information content (AvgIpc) is 2.70. The largest absolute Gasteiger partial charge is 0.497 e. The van der Waals surface area contributed by atoms with Crippen molar-refractivity contribution in [3.8, 4) is 11.5 Å². The van der Waals surface area contributed by atoms with Gasteiger partial charge in [-0.25, -0.2) is 0 Å². The Morgan fingerprint density at radius 2 is 1.96 bits per heavy atom. The monoisotopic (exact) mass is 432 g/mol. The predicted molar refractivity (Wildman–Crippen MR) is 110 cm³/mol. The van der Waals surface area contributed by atoms with Gasteiger partial charge in [0.2, 0.25) is 5.91 Å². The van der Waals surface area contributed by atoms with E-state index in [1.54, 1.807) is 20.3 Å². The first kappa shape index (κ1) is 19.7. The van der Waals surface area contributed by atoms with E-state index in [0.717, 1.165) is 36.9 Å². The minimum Gasteiger partial charge on any atom is -0.497 e. The first-order valence-corrected chi connectivity index (χ1v) is 9.88. The number of hydrogen-bond donors (Lipinski definition) is 1. The molecule has 0 aromatic heterocycles. The number of anilines is 1. The summed E-state index contributed by atoms with van der Waals surface area (Å²) in [7, 11) is 3.19. The second kappa shape index (κ2) is 9.24. The molecule has 1 saturated heterocycles. The van der Waals surface area contributed by atoms with E-state index >= 15 is 0 Å². The number of hydrogen-bond acceptors (Lipinski definition) is 4. The summed E-state index contributed by atoms with van der Waals surface area (Å²) in [5, 5.41) is 3.02. The number of likely N-dealkylation sites (tertiary alicyclic amines) is 1. The summed E-state index contributed by atoms with van der Waals surface area (Å²) in [6.07, 6.45) is 1.93. The Hall–Kier alpha value is -2.05. The van der Waals surface area contributed by atoms with Crippen molar-refractivity contribution < 1.29 is 14.3 Å². The van der Waals surface area contributed by atoms with Crippen LogP contribution in [0.25, 0.3) is 0 Å². The second-order valence-electron chi connectivity index (χ2n) is 6.76. The standard InChI is InChI=1S/C21H25BrN2O3/c1-26-18-9-10-19(20(12-18)27-2)23-21(25)16-4-3-11-24(14-16)13-15-5-7-17(22)8-6-15/h5-10,12,16H,3-4,11,13-14H2,1-2H3,(H,23,25). The van der Waals surface area contributed by atoms with E-state index in [9.17, 15) is 4.79 Å². The summed E-state index contributed by atoms with van der Waals surface area (Å²) in [4.78, 5) is 15.2. The Bertz CT molecular complexity index is 779. The zero-order valence-corrected chi connectivity index (χ0v) is 17.3. The molecule has 2 aromatic carbocycles. The fraction of sp³-hybridized carbons (Fsp3) is 0.381. The molecule has 5 nitrogen and oxygen atoms in total. The molecule has 2 aromatic rings. The number of nitrogens with one attached hydrogen (secondary N) is 1. The third-order valence-corrected chi connectivity index (χ3v) is 5.39. The van der Waals surface area contributed by atoms with Gasteiger partial charge in [-0.15, -0.1) is 0 Å². The lowest BCUT2D eigenvalue weighted by Crippen LogP contribution is -2.40. The second-order valence-corrected chi connectivity index (χ2v) is 7.67. The van der Waals surface area contributed by atoms with Crippen LogP contribution in [-0.2, 0) is 11.3 Å². The Morgan fingerprint density at radius 1 is 1.19 bits per heavy atom. The lowest BCUT2D eigenvalue weighted by molar-refractivity contribution is -0.121. The Kier molecular flexibility index (Phi) is 6.74. The molecule has 1 fully saturated rings. The van der Waals surface area contributed by atoms with Crippen molar-refractivity contribution in [1.82, 2.24) is 4.90 Å². The van der Waals surface area contributed by atoms with Gasteiger partial charge in [-0.05, 0) is 49.2 Å². The number of carbonyl (C=O) groups is 1. The number of carbonyl (C=O) groups excluding carboxylic acids is 1. The van der Waals surface area contributed by atoms with Gasteiger partial charge in [-0.3, -0.25) is 9.69 Å². The van der Waals surface area contributed by atoms with Gasteiger partial charge in [0.1, 0.15) is 11.5 Å². The lowest BCUT2D eigenvalue weighted by atomic mass is 9.96. The van der Waals surface area contributed by atoms with E-state index in [-0.39, 0.29) is 11.8 Å². The lowest BCUT2D eigenvalue weighted by Gasteiger charge is -2.32. The van der Waals surface area contributed by atoms with Crippen LogP contribution in [-0.4, -0.2) is 38.1 Å². The molecule has 1 aliphatic heterocycles.